The molecule has 1 aliphatic heterocycles. The lowest BCUT2D eigenvalue weighted by Gasteiger charge is -2.40. The maximum atomic E-state index is 13.1. The van der Waals surface area contributed by atoms with Crippen molar-refractivity contribution in [1.29, 1.82) is 0 Å². The summed E-state index contributed by atoms with van der Waals surface area (Å²) in [6, 6.07) is 15.7. The Labute approximate surface area is 175 Å². The van der Waals surface area contributed by atoms with Crippen LogP contribution in [0.25, 0.3) is 0 Å². The quantitative estimate of drug-likeness (QED) is 0.595. The first-order valence-corrected chi connectivity index (χ1v) is 10.8. The fourth-order valence-electron chi connectivity index (χ4n) is 3.38. The van der Waals surface area contributed by atoms with Crippen molar-refractivity contribution in [3.8, 4) is 5.75 Å². The lowest BCUT2D eigenvalue weighted by atomic mass is 9.77. The van der Waals surface area contributed by atoms with Crippen molar-refractivity contribution in [1.82, 2.24) is 5.32 Å². The van der Waals surface area contributed by atoms with Gasteiger partial charge in [0.05, 0.1) is 10.6 Å². The van der Waals surface area contributed by atoms with Gasteiger partial charge in [-0.15, -0.1) is 11.8 Å². The van der Waals surface area contributed by atoms with E-state index in [1.54, 1.807) is 36.4 Å². The molecule has 28 heavy (non-hydrogen) atoms. The molecular formula is C21H16ClNO3S2. The molecule has 142 valence electrons. The molecule has 2 N–H and O–H groups in total. The van der Waals surface area contributed by atoms with Gasteiger partial charge in [-0.1, -0.05) is 35.9 Å². The molecule has 2 heterocycles. The Balaban J connectivity index is 1.70. The van der Waals surface area contributed by atoms with Gasteiger partial charge in [-0.05, 0) is 52.2 Å². The van der Waals surface area contributed by atoms with Crippen LogP contribution in [-0.2, 0) is 15.1 Å². The van der Waals surface area contributed by atoms with Crippen molar-refractivity contribution >= 4 is 46.4 Å². The lowest BCUT2D eigenvalue weighted by molar-refractivity contribution is -0.132. The number of halogens is 1. The van der Waals surface area contributed by atoms with Crippen LogP contribution in [0.1, 0.15) is 17.5 Å². The molecule has 1 amide bonds. The van der Waals surface area contributed by atoms with Crippen LogP contribution in [0.5, 0.6) is 5.75 Å². The number of carbonyl (C=O) groups is 2. The third-order valence-electron chi connectivity index (χ3n) is 4.76. The number of Topliss-reactive ketones (excluding diaryl/α,β-unsaturated/α-hetero) is 1. The predicted molar refractivity (Wildman–Crippen MR) is 112 cm³/mol. The number of aromatic hydroxyl groups is 1. The standard InChI is InChI=1S/C21H16ClNO3S2/c22-16-3-1-2-4-18(16)28-19-17(25)11-21(23-20(19)26,14-9-10-27-12-14)13-5-7-15(24)8-6-13/h1-10,12,19,24H,11H2,(H,23,26)/t19-,21+/m0/s1. The molecule has 0 spiro atoms. The van der Waals surface area contributed by atoms with Gasteiger partial charge < -0.3 is 10.4 Å². The maximum absolute atomic E-state index is 13.1. The Morgan fingerprint density at radius 2 is 1.82 bits per heavy atom. The normalized spacial score (nSPS) is 22.1. The molecule has 1 aliphatic rings. The molecule has 0 unspecified atom stereocenters. The van der Waals surface area contributed by atoms with E-state index in [2.05, 4.69) is 5.32 Å². The van der Waals surface area contributed by atoms with E-state index < -0.39 is 10.8 Å². The molecule has 1 saturated heterocycles. The summed E-state index contributed by atoms with van der Waals surface area (Å²) in [7, 11) is 0. The average Bonchev–Trinajstić information content (AvgIpc) is 3.22. The molecule has 2 aromatic carbocycles. The number of phenols is 1. The van der Waals surface area contributed by atoms with E-state index in [0.717, 1.165) is 11.1 Å². The lowest BCUT2D eigenvalue weighted by Crippen LogP contribution is -2.57. The van der Waals surface area contributed by atoms with Crippen molar-refractivity contribution in [3.63, 3.8) is 0 Å². The summed E-state index contributed by atoms with van der Waals surface area (Å²) in [6.07, 6.45) is 0.127. The smallest absolute Gasteiger partial charge is 0.242 e. The Morgan fingerprint density at radius 1 is 1.07 bits per heavy atom. The summed E-state index contributed by atoms with van der Waals surface area (Å²) < 4.78 is 0. The summed E-state index contributed by atoms with van der Waals surface area (Å²) in [5, 5.41) is 16.2. The summed E-state index contributed by atoms with van der Waals surface area (Å²) in [6.45, 7) is 0. The van der Waals surface area contributed by atoms with Gasteiger partial charge in [0.25, 0.3) is 0 Å². The van der Waals surface area contributed by atoms with Gasteiger partial charge >= 0.3 is 0 Å². The van der Waals surface area contributed by atoms with E-state index in [1.165, 1.54) is 23.1 Å². The highest BCUT2D eigenvalue weighted by Crippen LogP contribution is 2.41. The number of carbonyl (C=O) groups excluding carboxylic acids is 2. The van der Waals surface area contributed by atoms with E-state index >= 15 is 0 Å². The van der Waals surface area contributed by atoms with Crippen LogP contribution < -0.4 is 5.32 Å². The van der Waals surface area contributed by atoms with Gasteiger partial charge in [0.15, 0.2) is 5.78 Å². The molecule has 4 nitrogen and oxygen atoms in total. The Kier molecular flexibility index (Phi) is 5.19. The molecule has 1 fully saturated rings. The second-order valence-corrected chi connectivity index (χ2v) is 8.86. The van der Waals surface area contributed by atoms with Gasteiger partial charge in [0, 0.05) is 11.3 Å². The van der Waals surface area contributed by atoms with Crippen LogP contribution in [0.3, 0.4) is 0 Å². The number of thioether (sulfide) groups is 1. The second kappa shape index (κ2) is 7.62. The number of rotatable bonds is 4. The molecule has 1 aromatic heterocycles. The molecular weight excluding hydrogens is 414 g/mol. The highest BCUT2D eigenvalue weighted by atomic mass is 35.5. The number of benzene rings is 2. The molecule has 0 bridgehead atoms. The highest BCUT2D eigenvalue weighted by molar-refractivity contribution is 8.01. The van der Waals surface area contributed by atoms with Crippen LogP contribution in [0.2, 0.25) is 5.02 Å². The number of ketones is 1. The number of nitrogens with one attached hydrogen (secondary N) is 1. The molecule has 0 radical (unpaired) electrons. The van der Waals surface area contributed by atoms with Crippen LogP contribution >= 0.6 is 34.7 Å². The highest BCUT2D eigenvalue weighted by Gasteiger charge is 2.47. The van der Waals surface area contributed by atoms with Crippen molar-refractivity contribution < 1.29 is 14.7 Å². The number of thiophene rings is 1. The van der Waals surface area contributed by atoms with Gasteiger partial charge in [-0.3, -0.25) is 9.59 Å². The minimum atomic E-state index is -0.945. The van der Waals surface area contributed by atoms with Gasteiger partial charge in [-0.25, -0.2) is 0 Å². The zero-order chi connectivity index (χ0) is 19.7. The zero-order valence-corrected chi connectivity index (χ0v) is 17.0. The number of hydrogen-bond donors (Lipinski definition) is 2. The largest absolute Gasteiger partial charge is 0.508 e. The van der Waals surface area contributed by atoms with E-state index in [9.17, 15) is 14.7 Å². The molecule has 0 aliphatic carbocycles. The third kappa shape index (κ3) is 3.43. The summed E-state index contributed by atoms with van der Waals surface area (Å²) in [5.74, 6) is -0.377. The number of phenolic OH excluding ortho intramolecular Hbond substituents is 1. The van der Waals surface area contributed by atoms with E-state index in [0.29, 0.717) is 9.92 Å². The number of piperidine rings is 1. The fraction of sp³-hybridized carbons (Fsp3) is 0.143. The number of hydrogen-bond acceptors (Lipinski definition) is 5. The topological polar surface area (TPSA) is 66.4 Å². The van der Waals surface area contributed by atoms with Crippen LogP contribution in [-0.4, -0.2) is 22.0 Å². The van der Waals surface area contributed by atoms with E-state index in [1.807, 2.05) is 29.0 Å². The van der Waals surface area contributed by atoms with Crippen molar-refractivity contribution in [3.05, 3.63) is 81.5 Å². The maximum Gasteiger partial charge on any atom is 0.242 e. The van der Waals surface area contributed by atoms with Crippen LogP contribution in [0, 0.1) is 0 Å². The molecule has 4 rings (SSSR count). The van der Waals surface area contributed by atoms with E-state index in [-0.39, 0.29) is 23.9 Å². The molecule has 3 aromatic rings. The third-order valence-corrected chi connectivity index (χ3v) is 7.21. The van der Waals surface area contributed by atoms with Gasteiger partial charge in [0.2, 0.25) is 5.91 Å². The van der Waals surface area contributed by atoms with Crippen LogP contribution in [0.4, 0.5) is 0 Å². The fourth-order valence-corrected chi connectivity index (χ4v) is 5.35. The Hall–Kier alpha value is -2.28. The summed E-state index contributed by atoms with van der Waals surface area (Å²) >= 11 is 8.88. The van der Waals surface area contributed by atoms with Crippen molar-refractivity contribution in [2.45, 2.75) is 22.1 Å². The molecule has 0 saturated carbocycles. The SMILES string of the molecule is O=C1C[C@@](c2ccc(O)cc2)(c2ccsc2)NC(=O)[C@H]1Sc1ccccc1Cl. The second-order valence-electron chi connectivity index (χ2n) is 6.52. The monoisotopic (exact) mass is 429 g/mol. The molecule has 2 atom stereocenters. The Morgan fingerprint density at radius 3 is 2.46 bits per heavy atom. The first-order chi connectivity index (χ1) is 13.5. The van der Waals surface area contributed by atoms with Gasteiger partial charge in [-0.2, -0.15) is 11.3 Å². The first kappa shape index (κ1) is 19.1. The minimum Gasteiger partial charge on any atom is -0.508 e. The zero-order valence-electron chi connectivity index (χ0n) is 14.6. The van der Waals surface area contributed by atoms with E-state index in [4.69, 9.17) is 11.6 Å². The summed E-state index contributed by atoms with van der Waals surface area (Å²) in [4.78, 5) is 26.8. The van der Waals surface area contributed by atoms with Crippen molar-refractivity contribution in [2.75, 3.05) is 0 Å². The minimum absolute atomic E-state index is 0.127. The predicted octanol–water partition coefficient (Wildman–Crippen LogP) is 4.60. The average molecular weight is 430 g/mol. The summed E-state index contributed by atoms with van der Waals surface area (Å²) in [5.41, 5.74) is 0.664. The Bertz CT molecular complexity index is 1000. The first-order valence-electron chi connectivity index (χ1n) is 8.58. The van der Waals surface area contributed by atoms with Gasteiger partial charge in [0.1, 0.15) is 11.0 Å². The van der Waals surface area contributed by atoms with Crippen LogP contribution in [0.15, 0.2) is 70.3 Å². The van der Waals surface area contributed by atoms with Crippen molar-refractivity contribution in [2.24, 2.45) is 0 Å². The molecule has 7 heteroatoms. The number of amides is 1.